The lowest BCUT2D eigenvalue weighted by molar-refractivity contribution is 0.555. The first-order valence-corrected chi connectivity index (χ1v) is 7.91. The first kappa shape index (κ1) is 14.5. The van der Waals surface area contributed by atoms with Crippen molar-refractivity contribution < 1.29 is 17.2 Å². The fourth-order valence-corrected chi connectivity index (χ4v) is 3.37. The van der Waals surface area contributed by atoms with E-state index in [4.69, 9.17) is 0 Å². The molecule has 6 heteroatoms. The molecule has 0 aliphatic carbocycles. The van der Waals surface area contributed by atoms with Crippen LogP contribution >= 0.6 is 0 Å². The second-order valence-corrected chi connectivity index (χ2v) is 6.36. The lowest BCUT2D eigenvalue weighted by Gasteiger charge is -2.11. The maximum Gasteiger partial charge on any atom is 0.264 e. The highest BCUT2D eigenvalue weighted by Gasteiger charge is 2.20. The van der Waals surface area contributed by atoms with E-state index in [9.17, 15) is 17.2 Å². The molecule has 0 unspecified atom stereocenters. The van der Waals surface area contributed by atoms with Crippen molar-refractivity contribution in [3.8, 4) is 0 Å². The minimum Gasteiger partial charge on any atom is -0.279 e. The molecular weight excluding hydrogens is 308 g/mol. The Hall–Kier alpha value is -2.47. The molecule has 0 aliphatic rings. The zero-order valence-electron chi connectivity index (χ0n) is 11.3. The molecule has 0 aliphatic heterocycles. The summed E-state index contributed by atoms with van der Waals surface area (Å²) in [5.41, 5.74) is 0.307. The standard InChI is InChI=1S/C16H11F2NO2S/c17-12-8-9-14(18)16(10-12)22(20,21)19-15-7-3-5-11-4-1-2-6-13(11)15/h1-10,19H. The molecule has 112 valence electrons. The van der Waals surface area contributed by atoms with E-state index in [1.54, 1.807) is 24.3 Å². The Morgan fingerprint density at radius 2 is 1.59 bits per heavy atom. The summed E-state index contributed by atoms with van der Waals surface area (Å²) < 4.78 is 53.8. The van der Waals surface area contributed by atoms with Gasteiger partial charge in [-0.05, 0) is 29.7 Å². The molecule has 22 heavy (non-hydrogen) atoms. The number of hydrogen-bond acceptors (Lipinski definition) is 2. The average molecular weight is 319 g/mol. The molecule has 3 rings (SSSR count). The second-order valence-electron chi connectivity index (χ2n) is 4.71. The van der Waals surface area contributed by atoms with Crippen LogP contribution in [0.1, 0.15) is 0 Å². The van der Waals surface area contributed by atoms with Gasteiger partial charge >= 0.3 is 0 Å². The number of anilines is 1. The van der Waals surface area contributed by atoms with Crippen molar-refractivity contribution in [2.45, 2.75) is 4.90 Å². The van der Waals surface area contributed by atoms with Crippen molar-refractivity contribution >= 4 is 26.5 Å². The molecule has 3 aromatic carbocycles. The third kappa shape index (κ3) is 2.65. The molecule has 0 bridgehead atoms. The van der Waals surface area contributed by atoms with Gasteiger partial charge in [0.2, 0.25) is 0 Å². The molecule has 0 atom stereocenters. The Bertz CT molecular complexity index is 950. The Morgan fingerprint density at radius 3 is 2.41 bits per heavy atom. The van der Waals surface area contributed by atoms with Crippen LogP contribution in [0.5, 0.6) is 0 Å². The molecule has 3 aromatic rings. The van der Waals surface area contributed by atoms with Crippen LogP contribution in [0.2, 0.25) is 0 Å². The van der Waals surface area contributed by atoms with E-state index in [2.05, 4.69) is 4.72 Å². The number of halogens is 2. The molecule has 0 saturated heterocycles. The monoisotopic (exact) mass is 319 g/mol. The Morgan fingerprint density at radius 1 is 0.864 bits per heavy atom. The van der Waals surface area contributed by atoms with Crippen molar-refractivity contribution in [3.63, 3.8) is 0 Å². The van der Waals surface area contributed by atoms with Gasteiger partial charge in [0, 0.05) is 5.39 Å². The molecule has 0 heterocycles. The van der Waals surface area contributed by atoms with Crippen LogP contribution in [-0.4, -0.2) is 8.42 Å². The van der Waals surface area contributed by atoms with Gasteiger partial charge in [0.25, 0.3) is 10.0 Å². The zero-order valence-corrected chi connectivity index (χ0v) is 12.1. The summed E-state index contributed by atoms with van der Waals surface area (Å²) in [4.78, 5) is -0.722. The van der Waals surface area contributed by atoms with Gasteiger partial charge in [0.1, 0.15) is 16.5 Å². The highest BCUT2D eigenvalue weighted by atomic mass is 32.2. The number of benzene rings is 3. The molecule has 1 N–H and O–H groups in total. The first-order chi connectivity index (χ1) is 10.5. The molecule has 0 amide bonds. The molecule has 0 fully saturated rings. The number of sulfonamides is 1. The highest BCUT2D eigenvalue weighted by Crippen LogP contribution is 2.26. The van der Waals surface area contributed by atoms with Crippen LogP contribution < -0.4 is 4.72 Å². The van der Waals surface area contributed by atoms with Gasteiger partial charge in [0.05, 0.1) is 5.69 Å². The van der Waals surface area contributed by atoms with Crippen molar-refractivity contribution in [2.75, 3.05) is 4.72 Å². The SMILES string of the molecule is O=S(=O)(Nc1cccc2ccccc12)c1cc(F)ccc1F. The Kier molecular flexibility index (Phi) is 3.54. The van der Waals surface area contributed by atoms with Gasteiger partial charge in [0.15, 0.2) is 0 Å². The van der Waals surface area contributed by atoms with Crippen molar-refractivity contribution in [1.29, 1.82) is 0 Å². The number of rotatable bonds is 3. The minimum atomic E-state index is -4.22. The summed E-state index contributed by atoms with van der Waals surface area (Å²) in [6.45, 7) is 0. The average Bonchev–Trinajstić information content (AvgIpc) is 2.50. The summed E-state index contributed by atoms with van der Waals surface area (Å²) in [6, 6.07) is 14.6. The number of nitrogens with one attached hydrogen (secondary N) is 1. The normalized spacial score (nSPS) is 11.5. The fourth-order valence-electron chi connectivity index (χ4n) is 2.20. The van der Waals surface area contributed by atoms with Crippen LogP contribution in [0, 0.1) is 11.6 Å². The van der Waals surface area contributed by atoms with Gasteiger partial charge in [-0.1, -0.05) is 36.4 Å². The summed E-state index contributed by atoms with van der Waals surface area (Å²) in [7, 11) is -4.22. The Balaban J connectivity index is 2.09. The van der Waals surface area contributed by atoms with Gasteiger partial charge < -0.3 is 0 Å². The van der Waals surface area contributed by atoms with Gasteiger partial charge in [-0.15, -0.1) is 0 Å². The lowest BCUT2D eigenvalue weighted by atomic mass is 10.1. The smallest absolute Gasteiger partial charge is 0.264 e. The van der Waals surface area contributed by atoms with Gasteiger partial charge in [-0.2, -0.15) is 0 Å². The molecule has 0 radical (unpaired) electrons. The summed E-state index contributed by atoms with van der Waals surface area (Å²) in [6.07, 6.45) is 0. The van der Waals surface area contributed by atoms with E-state index < -0.39 is 26.6 Å². The summed E-state index contributed by atoms with van der Waals surface area (Å²) in [5.74, 6) is -1.83. The third-order valence-corrected chi connectivity index (χ3v) is 4.60. The van der Waals surface area contributed by atoms with Crippen LogP contribution in [0.3, 0.4) is 0 Å². The molecule has 0 saturated carbocycles. The van der Waals surface area contributed by atoms with Crippen LogP contribution in [0.4, 0.5) is 14.5 Å². The number of hydrogen-bond donors (Lipinski definition) is 1. The molecule has 3 nitrogen and oxygen atoms in total. The quantitative estimate of drug-likeness (QED) is 0.795. The summed E-state index contributed by atoms with van der Waals surface area (Å²) >= 11 is 0. The predicted molar refractivity (Wildman–Crippen MR) is 81.1 cm³/mol. The molecule has 0 aromatic heterocycles. The van der Waals surface area contributed by atoms with Gasteiger partial charge in [-0.3, -0.25) is 4.72 Å². The Labute approximate surface area is 126 Å². The maximum absolute atomic E-state index is 13.7. The lowest BCUT2D eigenvalue weighted by Crippen LogP contribution is -2.15. The topological polar surface area (TPSA) is 46.2 Å². The van der Waals surface area contributed by atoms with Crippen LogP contribution in [-0.2, 0) is 10.0 Å². The minimum absolute atomic E-state index is 0.307. The number of fused-ring (bicyclic) bond motifs is 1. The van der Waals surface area contributed by atoms with E-state index in [1.165, 1.54) is 0 Å². The van der Waals surface area contributed by atoms with Crippen molar-refractivity contribution in [1.82, 2.24) is 0 Å². The maximum atomic E-state index is 13.7. The van der Waals surface area contributed by atoms with Crippen molar-refractivity contribution in [3.05, 3.63) is 72.3 Å². The van der Waals surface area contributed by atoms with E-state index in [0.717, 1.165) is 17.5 Å². The molecular formula is C16H11F2NO2S. The van der Waals surface area contributed by atoms with E-state index in [-0.39, 0.29) is 0 Å². The van der Waals surface area contributed by atoms with Crippen LogP contribution in [0.25, 0.3) is 10.8 Å². The second kappa shape index (κ2) is 5.38. The third-order valence-electron chi connectivity index (χ3n) is 3.22. The molecule has 0 spiro atoms. The van der Waals surface area contributed by atoms with Crippen LogP contribution in [0.15, 0.2) is 65.6 Å². The fraction of sp³-hybridized carbons (Fsp3) is 0. The summed E-state index contributed by atoms with van der Waals surface area (Å²) in [5, 5.41) is 1.51. The predicted octanol–water partition coefficient (Wildman–Crippen LogP) is 3.92. The van der Waals surface area contributed by atoms with Gasteiger partial charge in [-0.25, -0.2) is 17.2 Å². The first-order valence-electron chi connectivity index (χ1n) is 6.43. The highest BCUT2D eigenvalue weighted by molar-refractivity contribution is 7.92. The zero-order chi connectivity index (χ0) is 15.7. The van der Waals surface area contributed by atoms with E-state index in [1.807, 2.05) is 18.2 Å². The van der Waals surface area contributed by atoms with E-state index in [0.29, 0.717) is 17.1 Å². The van der Waals surface area contributed by atoms with E-state index >= 15 is 0 Å². The van der Waals surface area contributed by atoms with Crippen molar-refractivity contribution in [2.24, 2.45) is 0 Å². The largest absolute Gasteiger partial charge is 0.279 e.